The van der Waals surface area contributed by atoms with Crippen molar-refractivity contribution in [2.45, 2.75) is 0 Å². The first-order valence-corrected chi connectivity index (χ1v) is 2.51. The van der Waals surface area contributed by atoms with Crippen LogP contribution in [0.4, 0.5) is 5.82 Å². The Hall–Kier alpha value is -1.38. The van der Waals surface area contributed by atoms with E-state index in [0.29, 0.717) is 5.82 Å². The highest BCUT2D eigenvalue weighted by Crippen LogP contribution is 2.07. The Morgan fingerprint density at radius 2 is 2.56 bits per heavy atom. The third kappa shape index (κ3) is 0.887. The van der Waals surface area contributed by atoms with Crippen LogP contribution in [-0.4, -0.2) is 16.5 Å². The summed E-state index contributed by atoms with van der Waals surface area (Å²) < 4.78 is 1.55. The predicted molar refractivity (Wildman–Crippen MR) is 37.8 cm³/mol. The van der Waals surface area contributed by atoms with Crippen LogP contribution in [0.15, 0.2) is 23.8 Å². The summed E-state index contributed by atoms with van der Waals surface area (Å²) >= 11 is 0. The maximum absolute atomic E-state index is 3.87. The smallest absolute Gasteiger partial charge is 0.154 e. The Morgan fingerprint density at radius 3 is 3.00 bits per heavy atom. The van der Waals surface area contributed by atoms with Gasteiger partial charge < -0.3 is 0 Å². The van der Waals surface area contributed by atoms with Gasteiger partial charge in [-0.05, 0) is 6.72 Å². The van der Waals surface area contributed by atoms with Gasteiger partial charge in [0.2, 0.25) is 0 Å². The van der Waals surface area contributed by atoms with Crippen molar-refractivity contribution >= 4 is 18.7 Å². The highest BCUT2D eigenvalue weighted by Gasteiger charge is 1.90. The van der Waals surface area contributed by atoms with Crippen molar-refractivity contribution < 1.29 is 0 Å². The van der Waals surface area contributed by atoms with Gasteiger partial charge in [0, 0.05) is 12.3 Å². The number of nitrogens with zero attached hydrogens (tertiary/aromatic N) is 3. The van der Waals surface area contributed by atoms with E-state index in [-0.39, 0.29) is 0 Å². The second kappa shape index (κ2) is 2.26. The van der Waals surface area contributed by atoms with Crippen LogP contribution >= 0.6 is 0 Å². The zero-order valence-electron chi connectivity index (χ0n) is 4.99. The molecule has 0 saturated carbocycles. The standard InChI is InChI=1S/C6H7N3/c1-3-9-6(7-2)4-5-8-9/h3-5H,1-2H2. The molecule has 1 aromatic rings. The zero-order valence-corrected chi connectivity index (χ0v) is 4.99. The average Bonchev–Trinajstić information content (AvgIpc) is 2.33. The number of hydrogen-bond acceptors (Lipinski definition) is 2. The maximum atomic E-state index is 3.87. The highest BCUT2D eigenvalue weighted by atomic mass is 15.3. The normalized spacial score (nSPS) is 8.89. The van der Waals surface area contributed by atoms with Crippen LogP contribution < -0.4 is 0 Å². The molecule has 0 aliphatic heterocycles. The van der Waals surface area contributed by atoms with E-state index in [1.165, 1.54) is 0 Å². The topological polar surface area (TPSA) is 30.2 Å². The quantitative estimate of drug-likeness (QED) is 0.542. The van der Waals surface area contributed by atoms with E-state index in [0.717, 1.165) is 0 Å². The molecule has 3 nitrogen and oxygen atoms in total. The summed E-state index contributed by atoms with van der Waals surface area (Å²) in [5, 5.41) is 3.87. The van der Waals surface area contributed by atoms with Crippen molar-refractivity contribution in [2.24, 2.45) is 4.99 Å². The van der Waals surface area contributed by atoms with Gasteiger partial charge in [0.05, 0.1) is 6.20 Å². The lowest BCUT2D eigenvalue weighted by Crippen LogP contribution is -1.84. The lowest BCUT2D eigenvalue weighted by Gasteiger charge is -1.90. The Balaban J connectivity index is 3.12. The van der Waals surface area contributed by atoms with Gasteiger partial charge in [-0.25, -0.2) is 9.67 Å². The lowest BCUT2D eigenvalue weighted by molar-refractivity contribution is 0.936. The highest BCUT2D eigenvalue weighted by molar-refractivity contribution is 5.43. The summed E-state index contributed by atoms with van der Waals surface area (Å²) in [6.07, 6.45) is 3.22. The molecule has 0 aromatic carbocycles. The van der Waals surface area contributed by atoms with Crippen LogP contribution in [0.25, 0.3) is 6.20 Å². The first-order chi connectivity index (χ1) is 4.38. The van der Waals surface area contributed by atoms with E-state index in [2.05, 4.69) is 23.4 Å². The second-order valence-corrected chi connectivity index (χ2v) is 1.47. The number of aromatic nitrogens is 2. The van der Waals surface area contributed by atoms with Crippen molar-refractivity contribution in [3.8, 4) is 0 Å². The molecule has 0 radical (unpaired) electrons. The summed E-state index contributed by atoms with van der Waals surface area (Å²) in [4.78, 5) is 3.68. The fourth-order valence-electron chi connectivity index (χ4n) is 0.573. The number of rotatable bonds is 2. The van der Waals surface area contributed by atoms with Gasteiger partial charge in [-0.1, -0.05) is 6.58 Å². The lowest BCUT2D eigenvalue weighted by atomic mass is 10.6. The van der Waals surface area contributed by atoms with Crippen LogP contribution in [0.2, 0.25) is 0 Å². The monoisotopic (exact) mass is 121 g/mol. The molecule has 1 aromatic heterocycles. The minimum atomic E-state index is 0.713. The molecular weight excluding hydrogens is 114 g/mol. The number of aliphatic imine (C=N–C) groups is 1. The predicted octanol–water partition coefficient (Wildman–Crippen LogP) is 1.32. The van der Waals surface area contributed by atoms with Crippen LogP contribution in [0.3, 0.4) is 0 Å². The molecule has 0 aliphatic carbocycles. The Morgan fingerprint density at radius 1 is 1.78 bits per heavy atom. The third-order valence-electron chi connectivity index (χ3n) is 0.984. The van der Waals surface area contributed by atoms with Crippen LogP contribution in [-0.2, 0) is 0 Å². The van der Waals surface area contributed by atoms with Crippen LogP contribution in [0.5, 0.6) is 0 Å². The third-order valence-corrected chi connectivity index (χ3v) is 0.984. The molecule has 3 heteroatoms. The summed E-state index contributed by atoms with van der Waals surface area (Å²) in [7, 11) is 0. The molecule has 0 saturated heterocycles. The van der Waals surface area contributed by atoms with E-state index >= 15 is 0 Å². The summed E-state index contributed by atoms with van der Waals surface area (Å²) in [6.45, 7) is 6.88. The van der Waals surface area contributed by atoms with Crippen LogP contribution in [0.1, 0.15) is 0 Å². The fourth-order valence-corrected chi connectivity index (χ4v) is 0.573. The summed E-state index contributed by atoms with van der Waals surface area (Å²) in [5.41, 5.74) is 0. The zero-order chi connectivity index (χ0) is 6.69. The molecule has 1 heterocycles. The molecule has 46 valence electrons. The van der Waals surface area contributed by atoms with Crippen molar-refractivity contribution in [3.05, 3.63) is 18.8 Å². The molecule has 0 amide bonds. The Labute approximate surface area is 53.3 Å². The fraction of sp³-hybridized carbons (Fsp3) is 0. The molecule has 0 fully saturated rings. The summed E-state index contributed by atoms with van der Waals surface area (Å²) in [5.74, 6) is 0.713. The maximum Gasteiger partial charge on any atom is 0.154 e. The molecule has 9 heavy (non-hydrogen) atoms. The molecule has 0 N–H and O–H groups in total. The SMILES string of the molecule is C=Cn1nccc1N=C. The molecule has 0 bridgehead atoms. The van der Waals surface area contributed by atoms with Gasteiger partial charge in [0.15, 0.2) is 5.82 Å². The van der Waals surface area contributed by atoms with E-state index < -0.39 is 0 Å². The minimum Gasteiger partial charge on any atom is -0.245 e. The molecule has 0 atom stereocenters. The summed E-state index contributed by atoms with van der Waals surface area (Å²) in [6, 6.07) is 1.76. The van der Waals surface area contributed by atoms with Gasteiger partial charge in [0.1, 0.15) is 0 Å². The van der Waals surface area contributed by atoms with Crippen LogP contribution in [0, 0.1) is 0 Å². The minimum absolute atomic E-state index is 0.713. The van der Waals surface area contributed by atoms with Gasteiger partial charge in [-0.3, -0.25) is 0 Å². The largest absolute Gasteiger partial charge is 0.245 e. The molecule has 0 spiro atoms. The van der Waals surface area contributed by atoms with Gasteiger partial charge >= 0.3 is 0 Å². The first-order valence-electron chi connectivity index (χ1n) is 2.51. The van der Waals surface area contributed by atoms with E-state index in [4.69, 9.17) is 0 Å². The second-order valence-electron chi connectivity index (χ2n) is 1.47. The van der Waals surface area contributed by atoms with Gasteiger partial charge in [-0.2, -0.15) is 5.10 Å². The van der Waals surface area contributed by atoms with Crippen molar-refractivity contribution in [1.29, 1.82) is 0 Å². The van der Waals surface area contributed by atoms with E-state index in [9.17, 15) is 0 Å². The van der Waals surface area contributed by atoms with E-state index in [1.54, 1.807) is 23.1 Å². The molecule has 1 rings (SSSR count). The Bertz CT molecular complexity index is 201. The molecule has 0 unspecified atom stereocenters. The Kier molecular flexibility index (Phi) is 1.44. The van der Waals surface area contributed by atoms with Gasteiger partial charge in [0.25, 0.3) is 0 Å². The average molecular weight is 121 g/mol. The molecular formula is C6H7N3. The van der Waals surface area contributed by atoms with Crippen molar-refractivity contribution in [3.63, 3.8) is 0 Å². The van der Waals surface area contributed by atoms with Crippen molar-refractivity contribution in [1.82, 2.24) is 9.78 Å². The first kappa shape index (κ1) is 5.75. The van der Waals surface area contributed by atoms with E-state index in [1.807, 2.05) is 0 Å². The molecule has 0 aliphatic rings. The van der Waals surface area contributed by atoms with Gasteiger partial charge in [-0.15, -0.1) is 0 Å². The number of hydrogen-bond donors (Lipinski definition) is 0. The van der Waals surface area contributed by atoms with Crippen molar-refractivity contribution in [2.75, 3.05) is 0 Å².